The molecule has 618 valence electrons. The molecule has 3 aliphatic rings. The second-order valence-corrected chi connectivity index (χ2v) is 37.5. The molecule has 6 aromatic heterocycles. The molecule has 129 heavy (non-hydrogen) atoms. The summed E-state index contributed by atoms with van der Waals surface area (Å²) in [7, 11) is -0.423. The van der Waals surface area contributed by atoms with Gasteiger partial charge >= 0.3 is 7.12 Å². The number of aromatic nitrogens is 6. The Morgan fingerprint density at radius 2 is 0.519 bits per heavy atom. The highest BCUT2D eigenvalue weighted by Gasteiger charge is 2.52. The Morgan fingerprint density at radius 1 is 0.240 bits per heavy atom. The predicted octanol–water partition coefficient (Wildman–Crippen LogP) is 31.0. The molecule has 1 aliphatic heterocycles. The highest BCUT2D eigenvalue weighted by molar-refractivity contribution is 6.62. The Kier molecular flexibility index (Phi) is 17.4. The largest absolute Gasteiger partial charge is 0.494 e. The van der Waals surface area contributed by atoms with Gasteiger partial charge in [-0.1, -0.05) is 241 Å². The maximum Gasteiger partial charge on any atom is 0.494 e. The van der Waals surface area contributed by atoms with Gasteiger partial charge in [-0.25, -0.2) is 9.97 Å². The smallest absolute Gasteiger partial charge is 0.399 e. The standard InChI is InChI=1S/C56H37N3.C45H38BNO2.C17H11ClN2.CH4/c1-56(2)50-32-44-41-21-12-10-19-39(41)38-18-9-11-20-40(38)43(44)30-45(50)46-31-49-48-29-35(23-25-52(48)58(54(49)33-51(46)56)36-14-5-3-6-15-36)34-24-26-53-47(28-34)42-22-13-27-57-55(42)59(53)37-16-7-4-8-17-37;1-43(2)39-25-34-32-19-13-11-17-30(32)29-16-10-12-18-31(29)33(34)23-35(39)36-24-38-37-22-27(46-48-44(3,4)45(5,6)49-46)20-21-41(37)47(42(38)26-40(36)43)28-14-8-7-9-15-28;18-12-8-9-16-15(11-12)14-7-4-10-19-17(14)20(16)13-5-2-1-3-6-13;/h3-33H,1-2H3;7-26H,1-6H3;1-11H;1H4. The molecule has 2 aliphatic carbocycles. The predicted molar refractivity (Wildman–Crippen MR) is 545 cm³/mol. The molecule has 1 fully saturated rings. The van der Waals surface area contributed by atoms with Gasteiger partial charge in [0.05, 0.1) is 44.3 Å². The number of rotatable bonds is 6. The summed E-state index contributed by atoms with van der Waals surface area (Å²) in [6.45, 7) is 18.1. The fraction of sp³-hybridized carbons (Fsp3) is 0.109. The highest BCUT2D eigenvalue weighted by atomic mass is 35.5. The van der Waals surface area contributed by atoms with Crippen LogP contribution in [0.25, 0.3) is 208 Å². The molecule has 8 nitrogen and oxygen atoms in total. The maximum absolute atomic E-state index is 6.53. The van der Waals surface area contributed by atoms with E-state index in [2.05, 4.69) is 394 Å². The van der Waals surface area contributed by atoms with Crippen LogP contribution in [0, 0.1) is 0 Å². The molecule has 0 atom stereocenters. The summed E-state index contributed by atoms with van der Waals surface area (Å²) in [5.41, 5.74) is 26.7. The number of nitrogens with zero attached hydrogens (tertiary/aromatic N) is 6. The van der Waals surface area contributed by atoms with Crippen LogP contribution in [0.3, 0.4) is 0 Å². The van der Waals surface area contributed by atoms with Crippen LogP contribution < -0.4 is 5.46 Å². The van der Waals surface area contributed by atoms with Crippen LogP contribution >= 0.6 is 11.6 Å². The number of pyridine rings is 2. The molecule has 27 rings (SSSR count). The number of fused-ring (bicyclic) bond motifs is 30. The van der Waals surface area contributed by atoms with Gasteiger partial charge < -0.3 is 18.4 Å². The Bertz CT molecular complexity index is 8830. The molecule has 0 saturated carbocycles. The van der Waals surface area contributed by atoms with Crippen molar-refractivity contribution in [1.82, 2.24) is 28.2 Å². The first-order valence-electron chi connectivity index (χ1n) is 44.4. The molecule has 0 bridgehead atoms. The molecule has 7 heterocycles. The minimum Gasteiger partial charge on any atom is -0.399 e. The minimum absolute atomic E-state index is 0. The van der Waals surface area contributed by atoms with E-state index in [1.807, 2.05) is 60.9 Å². The second kappa shape index (κ2) is 28.9. The molecule has 24 aromatic rings. The van der Waals surface area contributed by atoms with Gasteiger partial charge in [0.25, 0.3) is 0 Å². The van der Waals surface area contributed by atoms with Crippen LogP contribution in [0.5, 0.6) is 0 Å². The molecular formula is C119H90BClN6O2. The first-order valence-corrected chi connectivity index (χ1v) is 44.8. The summed E-state index contributed by atoms with van der Waals surface area (Å²) < 4.78 is 22.4. The third-order valence-electron chi connectivity index (χ3n) is 28.8. The molecule has 0 N–H and O–H groups in total. The zero-order valence-corrected chi connectivity index (χ0v) is 73.0. The summed E-state index contributed by atoms with van der Waals surface area (Å²) in [4.78, 5) is 9.41. The van der Waals surface area contributed by atoms with Crippen LogP contribution in [-0.4, -0.2) is 46.6 Å². The lowest BCUT2D eigenvalue weighted by Gasteiger charge is -2.32. The van der Waals surface area contributed by atoms with Crippen molar-refractivity contribution in [2.75, 3.05) is 0 Å². The number of benzene rings is 18. The van der Waals surface area contributed by atoms with E-state index < -0.39 is 18.3 Å². The van der Waals surface area contributed by atoms with E-state index in [9.17, 15) is 0 Å². The Balaban J connectivity index is 0.000000119. The third kappa shape index (κ3) is 11.7. The van der Waals surface area contributed by atoms with Gasteiger partial charge in [0.15, 0.2) is 0 Å². The zero-order chi connectivity index (χ0) is 86.0. The highest BCUT2D eigenvalue weighted by Crippen LogP contribution is 2.57. The molecule has 0 radical (unpaired) electrons. The van der Waals surface area contributed by atoms with Gasteiger partial charge in [-0.3, -0.25) is 9.13 Å². The van der Waals surface area contributed by atoms with E-state index in [0.717, 1.165) is 66.0 Å². The van der Waals surface area contributed by atoms with E-state index in [4.69, 9.17) is 25.9 Å². The Hall–Kier alpha value is -14.7. The SMILES string of the molecule is C.CC1(C)c2cc3c4ccccc4c4ccccc4c3cc2-c2cc3c4cc(-c5ccc6c(c5)c5cccnc5n6-c5ccccc5)ccc4n(-c4ccccc4)c3cc21.CC1(C)c2cc3c4ccccc4c4ccccc4c3cc2-c2cc3c4cc(B5OC(C)(C)C(C)(C)O5)ccc4n(-c4ccccc4)c3cc21.Clc1ccc2c(c1)c1cccnc1n2-c1ccccc1. The van der Waals surface area contributed by atoms with Crippen molar-refractivity contribution >= 4 is 176 Å². The molecule has 18 aromatic carbocycles. The molecule has 0 amide bonds. The molecule has 0 unspecified atom stereocenters. The van der Waals surface area contributed by atoms with E-state index in [1.54, 1.807) is 0 Å². The Labute approximate surface area is 753 Å². The van der Waals surface area contributed by atoms with Crippen LogP contribution in [0.1, 0.15) is 85.1 Å². The van der Waals surface area contributed by atoms with Crippen LogP contribution in [0.15, 0.2) is 376 Å². The topological polar surface area (TPSA) is 64.0 Å². The normalized spacial score (nSPS) is 14.5. The monoisotopic (exact) mass is 1680 g/mol. The van der Waals surface area contributed by atoms with Gasteiger partial charge in [-0.15, -0.1) is 0 Å². The average Bonchev–Trinajstić information content (AvgIpc) is 1.54. The van der Waals surface area contributed by atoms with Crippen LogP contribution in [-0.2, 0) is 20.1 Å². The van der Waals surface area contributed by atoms with E-state index in [-0.39, 0.29) is 18.3 Å². The summed E-state index contributed by atoms with van der Waals surface area (Å²) in [5, 5.41) is 26.1. The van der Waals surface area contributed by atoms with Gasteiger partial charge in [0.2, 0.25) is 0 Å². The van der Waals surface area contributed by atoms with Gasteiger partial charge in [0, 0.05) is 94.1 Å². The van der Waals surface area contributed by atoms with Gasteiger partial charge in [-0.2, -0.15) is 0 Å². The van der Waals surface area contributed by atoms with Crippen molar-refractivity contribution in [3.63, 3.8) is 0 Å². The van der Waals surface area contributed by atoms with E-state index in [0.29, 0.717) is 0 Å². The quantitative estimate of drug-likeness (QED) is 0.123. The third-order valence-corrected chi connectivity index (χ3v) is 29.0. The second-order valence-electron chi connectivity index (χ2n) is 37.1. The lowest BCUT2D eigenvalue weighted by Crippen LogP contribution is -2.41. The lowest BCUT2D eigenvalue weighted by molar-refractivity contribution is 0.00578. The number of hydrogen-bond acceptors (Lipinski definition) is 4. The zero-order valence-electron chi connectivity index (χ0n) is 72.3. The minimum atomic E-state index is -0.423. The number of halogens is 1. The van der Waals surface area contributed by atoms with E-state index in [1.165, 1.54) is 175 Å². The fourth-order valence-electron chi connectivity index (χ4n) is 21.8. The fourth-order valence-corrected chi connectivity index (χ4v) is 22.0. The first-order chi connectivity index (χ1) is 62.4. The summed E-state index contributed by atoms with van der Waals surface area (Å²) >= 11 is 6.14. The average molecular weight is 1680 g/mol. The lowest BCUT2D eigenvalue weighted by atomic mass is 9.78. The molecule has 1 saturated heterocycles. The summed E-state index contributed by atoms with van der Waals surface area (Å²) in [6.07, 6.45) is 3.71. The van der Waals surface area contributed by atoms with Crippen LogP contribution in [0.2, 0.25) is 5.02 Å². The van der Waals surface area contributed by atoms with Gasteiger partial charge in [-0.05, 0) is 323 Å². The summed E-state index contributed by atoms with van der Waals surface area (Å²) in [6, 6.07) is 133. The Morgan fingerprint density at radius 3 is 0.907 bits per heavy atom. The van der Waals surface area contributed by atoms with Crippen molar-refractivity contribution in [2.45, 2.75) is 84.8 Å². The summed E-state index contributed by atoms with van der Waals surface area (Å²) in [5.74, 6) is 0. The van der Waals surface area contributed by atoms with Crippen LogP contribution in [0.4, 0.5) is 0 Å². The van der Waals surface area contributed by atoms with Crippen molar-refractivity contribution in [2.24, 2.45) is 0 Å². The van der Waals surface area contributed by atoms with E-state index >= 15 is 0 Å². The number of para-hydroxylation sites is 4. The van der Waals surface area contributed by atoms with Crippen molar-refractivity contribution in [3.05, 3.63) is 404 Å². The van der Waals surface area contributed by atoms with Crippen molar-refractivity contribution < 1.29 is 9.31 Å². The molecular weight excluding hydrogens is 1590 g/mol. The van der Waals surface area contributed by atoms with Crippen molar-refractivity contribution in [3.8, 4) is 56.1 Å². The molecule has 0 spiro atoms. The first kappa shape index (κ1) is 77.8. The van der Waals surface area contributed by atoms with Crippen molar-refractivity contribution in [1.29, 1.82) is 0 Å². The molecule has 10 heteroatoms. The van der Waals surface area contributed by atoms with Gasteiger partial charge in [0.1, 0.15) is 11.3 Å². The maximum atomic E-state index is 6.53. The number of hydrogen-bond donors (Lipinski definition) is 0.